The summed E-state index contributed by atoms with van der Waals surface area (Å²) in [4.78, 5) is 26.1. The topological polar surface area (TPSA) is 69.0 Å². The average molecular weight is 335 g/mol. The van der Waals surface area contributed by atoms with Crippen molar-refractivity contribution in [2.75, 3.05) is 20.2 Å². The number of hydrogen-bond acceptors (Lipinski definition) is 6. The van der Waals surface area contributed by atoms with E-state index in [1.54, 1.807) is 16.2 Å². The van der Waals surface area contributed by atoms with Crippen LogP contribution in [0.25, 0.3) is 0 Å². The van der Waals surface area contributed by atoms with E-state index < -0.39 is 0 Å². The van der Waals surface area contributed by atoms with E-state index in [-0.39, 0.29) is 35.1 Å². The van der Waals surface area contributed by atoms with Crippen LogP contribution in [0.1, 0.15) is 29.1 Å². The van der Waals surface area contributed by atoms with Gasteiger partial charge in [-0.3, -0.25) is 9.59 Å². The molecule has 2 aromatic heterocycles. The second-order valence-corrected chi connectivity index (χ2v) is 6.16. The lowest BCUT2D eigenvalue weighted by molar-refractivity contribution is -0.0696. The smallest absolute Gasteiger partial charge is 0.289 e. The van der Waals surface area contributed by atoms with Crippen molar-refractivity contribution in [1.29, 1.82) is 0 Å². The van der Waals surface area contributed by atoms with E-state index in [4.69, 9.17) is 13.9 Å². The van der Waals surface area contributed by atoms with Gasteiger partial charge in [0.25, 0.3) is 5.91 Å². The fourth-order valence-electron chi connectivity index (χ4n) is 2.58. The molecule has 1 aliphatic rings. The molecule has 3 heterocycles. The Morgan fingerprint density at radius 1 is 1.43 bits per heavy atom. The van der Waals surface area contributed by atoms with Crippen molar-refractivity contribution in [3.63, 3.8) is 0 Å². The molecule has 0 radical (unpaired) electrons. The summed E-state index contributed by atoms with van der Waals surface area (Å²) in [5, 5.41) is 3.99. The van der Waals surface area contributed by atoms with E-state index in [1.165, 1.54) is 13.2 Å². The van der Waals surface area contributed by atoms with Gasteiger partial charge in [0.1, 0.15) is 12.4 Å². The molecule has 122 valence electrons. The van der Waals surface area contributed by atoms with E-state index >= 15 is 0 Å². The van der Waals surface area contributed by atoms with Crippen LogP contribution in [-0.4, -0.2) is 37.1 Å². The van der Waals surface area contributed by atoms with Gasteiger partial charge in [0.05, 0.1) is 19.8 Å². The molecule has 0 bridgehead atoms. The number of rotatable bonds is 3. The lowest BCUT2D eigenvalue weighted by Crippen LogP contribution is -2.46. The second-order valence-electron chi connectivity index (χ2n) is 5.38. The number of carbonyl (C=O) groups excluding carboxylic acids is 1. The molecule has 2 aromatic rings. The molecule has 0 aliphatic carbocycles. The molecule has 7 heteroatoms. The van der Waals surface area contributed by atoms with Crippen LogP contribution in [0.2, 0.25) is 0 Å². The van der Waals surface area contributed by atoms with Crippen molar-refractivity contribution in [2.45, 2.75) is 19.1 Å². The summed E-state index contributed by atoms with van der Waals surface area (Å²) in [5.41, 5.74) is 0.674. The Balaban J connectivity index is 1.81. The van der Waals surface area contributed by atoms with Crippen LogP contribution in [0.3, 0.4) is 0 Å². The zero-order valence-corrected chi connectivity index (χ0v) is 13.7. The van der Waals surface area contributed by atoms with Crippen LogP contribution in [0, 0.1) is 0 Å². The monoisotopic (exact) mass is 335 g/mol. The summed E-state index contributed by atoms with van der Waals surface area (Å²) < 4.78 is 16.0. The van der Waals surface area contributed by atoms with Crippen molar-refractivity contribution in [1.82, 2.24) is 4.90 Å². The highest BCUT2D eigenvalue weighted by atomic mass is 32.1. The Morgan fingerprint density at radius 3 is 2.91 bits per heavy atom. The molecule has 0 spiro atoms. The fraction of sp³-hybridized carbons (Fsp3) is 0.375. The van der Waals surface area contributed by atoms with E-state index in [1.807, 2.05) is 23.8 Å². The molecule has 1 aliphatic heterocycles. The maximum Gasteiger partial charge on any atom is 0.289 e. The summed E-state index contributed by atoms with van der Waals surface area (Å²) >= 11 is 1.59. The predicted molar refractivity (Wildman–Crippen MR) is 85.0 cm³/mol. The normalized spacial score (nSPS) is 21.2. The molecule has 23 heavy (non-hydrogen) atoms. The minimum absolute atomic E-state index is 0.00830. The van der Waals surface area contributed by atoms with Gasteiger partial charge in [0.2, 0.25) is 11.2 Å². The third kappa shape index (κ3) is 3.30. The van der Waals surface area contributed by atoms with Gasteiger partial charge in [-0.2, -0.15) is 11.3 Å². The van der Waals surface area contributed by atoms with E-state index in [0.29, 0.717) is 13.1 Å². The number of nitrogens with zero attached hydrogens (tertiary/aromatic N) is 1. The third-order valence-electron chi connectivity index (χ3n) is 3.69. The van der Waals surface area contributed by atoms with Gasteiger partial charge >= 0.3 is 0 Å². The van der Waals surface area contributed by atoms with Crippen molar-refractivity contribution in [3.8, 4) is 5.75 Å². The van der Waals surface area contributed by atoms with Gasteiger partial charge in [-0.1, -0.05) is 0 Å². The number of ether oxygens (including phenoxy) is 2. The highest BCUT2D eigenvalue weighted by Gasteiger charge is 2.31. The van der Waals surface area contributed by atoms with Crippen LogP contribution in [0.4, 0.5) is 0 Å². The predicted octanol–water partition coefficient (Wildman–Crippen LogP) is 2.31. The van der Waals surface area contributed by atoms with Gasteiger partial charge in [0, 0.05) is 12.6 Å². The fourth-order valence-corrected chi connectivity index (χ4v) is 3.28. The summed E-state index contributed by atoms with van der Waals surface area (Å²) in [7, 11) is 1.38. The van der Waals surface area contributed by atoms with E-state index in [9.17, 15) is 9.59 Å². The van der Waals surface area contributed by atoms with Gasteiger partial charge in [-0.05, 0) is 29.3 Å². The lowest BCUT2D eigenvalue weighted by Gasteiger charge is -2.36. The SMILES string of the molecule is COc1coc(C(=O)N2CC(C)OC(c3ccsc3)C2)cc1=O. The minimum Gasteiger partial charge on any atom is -0.490 e. The van der Waals surface area contributed by atoms with Crippen LogP contribution in [-0.2, 0) is 4.74 Å². The summed E-state index contributed by atoms with van der Waals surface area (Å²) in [6.45, 7) is 2.80. The quantitative estimate of drug-likeness (QED) is 0.861. The van der Waals surface area contributed by atoms with Crippen molar-refractivity contribution >= 4 is 17.2 Å². The molecule has 3 rings (SSSR count). The van der Waals surface area contributed by atoms with Crippen LogP contribution in [0.5, 0.6) is 5.75 Å². The summed E-state index contributed by atoms with van der Waals surface area (Å²) in [6.07, 6.45) is 0.900. The van der Waals surface area contributed by atoms with Gasteiger partial charge < -0.3 is 18.8 Å². The second kappa shape index (κ2) is 6.55. The standard InChI is InChI=1S/C16H17NO5S/c1-10-6-17(7-14(22-10)11-3-4-23-9-11)16(19)13-5-12(18)15(20-2)8-21-13/h3-5,8-10,14H,6-7H2,1-2H3. The van der Waals surface area contributed by atoms with Crippen molar-refractivity contribution in [3.05, 3.63) is 50.7 Å². The number of hydrogen-bond donors (Lipinski definition) is 0. The van der Waals surface area contributed by atoms with E-state index in [0.717, 1.165) is 11.8 Å². The maximum absolute atomic E-state index is 12.6. The molecule has 1 fully saturated rings. The molecule has 1 amide bonds. The number of morpholine rings is 1. The lowest BCUT2D eigenvalue weighted by atomic mass is 10.1. The number of carbonyl (C=O) groups is 1. The van der Waals surface area contributed by atoms with Gasteiger partial charge in [0.15, 0.2) is 5.76 Å². The maximum atomic E-state index is 12.6. The largest absolute Gasteiger partial charge is 0.490 e. The molecule has 0 N–H and O–H groups in total. The van der Waals surface area contributed by atoms with E-state index in [2.05, 4.69) is 0 Å². The molecule has 1 saturated heterocycles. The van der Waals surface area contributed by atoms with Gasteiger partial charge in [-0.25, -0.2) is 0 Å². The molecular weight excluding hydrogens is 318 g/mol. The summed E-state index contributed by atoms with van der Waals surface area (Å²) in [5.74, 6) is -0.234. The Bertz CT molecular complexity index is 739. The third-order valence-corrected chi connectivity index (χ3v) is 4.39. The summed E-state index contributed by atoms with van der Waals surface area (Å²) in [6, 6.07) is 3.16. The molecule has 2 atom stereocenters. The highest BCUT2D eigenvalue weighted by molar-refractivity contribution is 7.07. The first-order chi connectivity index (χ1) is 11.1. The zero-order valence-electron chi connectivity index (χ0n) is 12.9. The molecular formula is C16H17NO5S. The van der Waals surface area contributed by atoms with Crippen molar-refractivity contribution in [2.24, 2.45) is 0 Å². The number of amides is 1. The number of methoxy groups -OCH3 is 1. The molecule has 0 saturated carbocycles. The zero-order chi connectivity index (χ0) is 16.4. The van der Waals surface area contributed by atoms with Crippen LogP contribution >= 0.6 is 11.3 Å². The molecule has 0 aromatic carbocycles. The minimum atomic E-state index is -0.377. The first-order valence-electron chi connectivity index (χ1n) is 7.22. The first kappa shape index (κ1) is 15.8. The van der Waals surface area contributed by atoms with Crippen LogP contribution in [0.15, 0.2) is 38.4 Å². The Labute approximate surface area is 137 Å². The van der Waals surface area contributed by atoms with Gasteiger partial charge in [-0.15, -0.1) is 0 Å². The van der Waals surface area contributed by atoms with Crippen LogP contribution < -0.4 is 10.2 Å². The Kier molecular flexibility index (Phi) is 4.49. The molecule has 6 nitrogen and oxygen atoms in total. The Morgan fingerprint density at radius 2 is 2.26 bits per heavy atom. The Hall–Kier alpha value is -2.12. The van der Waals surface area contributed by atoms with Crippen molar-refractivity contribution < 1.29 is 18.7 Å². The average Bonchev–Trinajstić information content (AvgIpc) is 3.08. The molecule has 2 unspecified atom stereocenters. The first-order valence-corrected chi connectivity index (χ1v) is 8.16. The highest BCUT2D eigenvalue weighted by Crippen LogP contribution is 2.27. The number of thiophene rings is 1.